The summed E-state index contributed by atoms with van der Waals surface area (Å²) < 4.78 is 21.3. The highest BCUT2D eigenvalue weighted by atomic mass is 127. The van der Waals surface area contributed by atoms with Crippen LogP contribution in [0.25, 0.3) is 10.9 Å². The first-order valence-corrected chi connectivity index (χ1v) is 12.6. The van der Waals surface area contributed by atoms with Crippen molar-refractivity contribution in [2.75, 3.05) is 19.7 Å². The fraction of sp³-hybridized carbons (Fsp3) is 0.333. The van der Waals surface area contributed by atoms with Crippen molar-refractivity contribution in [3.63, 3.8) is 0 Å². The van der Waals surface area contributed by atoms with Gasteiger partial charge in [-0.3, -0.25) is 14.7 Å². The summed E-state index contributed by atoms with van der Waals surface area (Å²) in [5.74, 6) is 0.408. The summed E-state index contributed by atoms with van der Waals surface area (Å²) in [6.45, 7) is 6.30. The van der Waals surface area contributed by atoms with Crippen LogP contribution in [0, 0.1) is 13.0 Å². The monoisotopic (exact) mass is 659 g/mol. The summed E-state index contributed by atoms with van der Waals surface area (Å²) in [4.78, 5) is 21.8. The van der Waals surface area contributed by atoms with E-state index in [0.717, 1.165) is 36.7 Å². The number of halogens is 3. The molecular weight excluding hydrogens is 635 g/mol. The molecule has 0 aliphatic carbocycles. The van der Waals surface area contributed by atoms with Crippen molar-refractivity contribution in [1.29, 1.82) is 0 Å². The summed E-state index contributed by atoms with van der Waals surface area (Å²) in [6, 6.07) is 12.8. The number of nitrogens with zero attached hydrogens (tertiary/aromatic N) is 3. The van der Waals surface area contributed by atoms with Gasteiger partial charge in [0, 0.05) is 46.9 Å². The van der Waals surface area contributed by atoms with Gasteiger partial charge in [0.25, 0.3) is 5.91 Å². The lowest BCUT2D eigenvalue weighted by molar-refractivity contribution is -0.139. The van der Waals surface area contributed by atoms with E-state index in [1.165, 1.54) is 12.1 Å². The van der Waals surface area contributed by atoms with Gasteiger partial charge in [-0.05, 0) is 88.9 Å². The van der Waals surface area contributed by atoms with Gasteiger partial charge < -0.3 is 9.64 Å². The molecular formula is C24H24FI2N3O2. The summed E-state index contributed by atoms with van der Waals surface area (Å²) in [6.07, 6.45) is 1.74. The van der Waals surface area contributed by atoms with E-state index in [9.17, 15) is 9.18 Å². The number of ether oxygens (including phenoxy) is 1. The fourth-order valence-electron chi connectivity index (χ4n) is 4.09. The number of carbonyl (C=O) groups is 1. The topological polar surface area (TPSA) is 45.7 Å². The maximum absolute atomic E-state index is 13.2. The molecule has 1 amide bonds. The smallest absolute Gasteiger partial charge is 0.260 e. The molecule has 1 fully saturated rings. The molecule has 168 valence electrons. The van der Waals surface area contributed by atoms with Gasteiger partial charge in [-0.25, -0.2) is 4.39 Å². The molecule has 32 heavy (non-hydrogen) atoms. The molecule has 0 N–H and O–H groups in total. The van der Waals surface area contributed by atoms with E-state index in [-0.39, 0.29) is 30.4 Å². The number of fused-ring (bicyclic) bond motifs is 1. The van der Waals surface area contributed by atoms with Crippen LogP contribution in [0.3, 0.4) is 0 Å². The van der Waals surface area contributed by atoms with E-state index < -0.39 is 0 Å². The number of hydrogen-bond donors (Lipinski definition) is 0. The van der Waals surface area contributed by atoms with Crippen molar-refractivity contribution in [2.24, 2.45) is 0 Å². The van der Waals surface area contributed by atoms with Gasteiger partial charge in [-0.2, -0.15) is 0 Å². The third-order valence-electron chi connectivity index (χ3n) is 5.82. The molecule has 0 spiro atoms. The Morgan fingerprint density at radius 3 is 2.62 bits per heavy atom. The van der Waals surface area contributed by atoms with Gasteiger partial charge in [0.05, 0.1) is 3.57 Å². The molecule has 0 unspecified atom stereocenters. The number of pyridine rings is 1. The molecule has 8 heteroatoms. The molecule has 2 atom stereocenters. The van der Waals surface area contributed by atoms with Crippen LogP contribution < -0.4 is 4.74 Å². The first kappa shape index (κ1) is 23.6. The van der Waals surface area contributed by atoms with Crippen molar-refractivity contribution in [1.82, 2.24) is 14.8 Å². The second-order valence-corrected chi connectivity index (χ2v) is 10.5. The van der Waals surface area contributed by atoms with E-state index >= 15 is 0 Å². The molecule has 1 aromatic heterocycles. The van der Waals surface area contributed by atoms with Crippen molar-refractivity contribution in [3.05, 3.63) is 67.2 Å². The maximum Gasteiger partial charge on any atom is 0.260 e. The zero-order valence-corrected chi connectivity index (χ0v) is 22.2. The number of piperazine rings is 1. The van der Waals surface area contributed by atoms with Crippen LogP contribution in [0.5, 0.6) is 5.75 Å². The third kappa shape index (κ3) is 5.17. The van der Waals surface area contributed by atoms with Crippen LogP contribution in [0.1, 0.15) is 19.4 Å². The van der Waals surface area contributed by atoms with E-state index in [0.29, 0.717) is 12.3 Å². The molecule has 1 saturated heterocycles. The Morgan fingerprint density at radius 1 is 1.12 bits per heavy atom. The van der Waals surface area contributed by atoms with Gasteiger partial charge in [0.2, 0.25) is 0 Å². The molecule has 0 radical (unpaired) electrons. The number of hydrogen-bond acceptors (Lipinski definition) is 4. The zero-order valence-electron chi connectivity index (χ0n) is 17.9. The second kappa shape index (κ2) is 10.2. The molecule has 3 aromatic rings. The lowest BCUT2D eigenvalue weighted by Gasteiger charge is -2.44. The van der Waals surface area contributed by atoms with Crippen LogP contribution >= 0.6 is 45.2 Å². The van der Waals surface area contributed by atoms with Crippen molar-refractivity contribution in [2.45, 2.75) is 32.5 Å². The van der Waals surface area contributed by atoms with E-state index in [1.807, 2.05) is 35.2 Å². The predicted molar refractivity (Wildman–Crippen MR) is 140 cm³/mol. The highest BCUT2D eigenvalue weighted by molar-refractivity contribution is 14.1. The van der Waals surface area contributed by atoms with Crippen LogP contribution in [-0.2, 0) is 11.3 Å². The Labute approximate surface area is 214 Å². The number of carbonyl (C=O) groups excluding carboxylic acids is 1. The first-order chi connectivity index (χ1) is 15.3. The van der Waals surface area contributed by atoms with Crippen molar-refractivity contribution >= 4 is 62.0 Å². The second-order valence-electron chi connectivity index (χ2n) is 8.16. The molecule has 1 aliphatic heterocycles. The van der Waals surface area contributed by atoms with Gasteiger partial charge in [-0.15, -0.1) is 0 Å². The van der Waals surface area contributed by atoms with E-state index in [1.54, 1.807) is 6.20 Å². The molecule has 2 heterocycles. The number of benzene rings is 2. The minimum absolute atomic E-state index is 0.0166. The minimum atomic E-state index is -0.226. The molecule has 2 aromatic carbocycles. The van der Waals surface area contributed by atoms with Gasteiger partial charge in [0.15, 0.2) is 12.4 Å². The Bertz CT molecular complexity index is 1130. The highest BCUT2D eigenvalue weighted by Crippen LogP contribution is 2.33. The van der Waals surface area contributed by atoms with Crippen LogP contribution in [0.15, 0.2) is 48.7 Å². The predicted octanol–water partition coefficient (Wildman–Crippen LogP) is 5.08. The third-order valence-corrected chi connectivity index (χ3v) is 7.52. The molecule has 4 rings (SSSR count). The minimum Gasteiger partial charge on any atom is -0.480 e. The molecule has 0 bridgehead atoms. The van der Waals surface area contributed by atoms with Crippen LogP contribution in [0.4, 0.5) is 4.39 Å². The van der Waals surface area contributed by atoms with E-state index in [2.05, 4.69) is 68.9 Å². The highest BCUT2D eigenvalue weighted by Gasteiger charge is 2.32. The molecule has 0 saturated carbocycles. The summed E-state index contributed by atoms with van der Waals surface area (Å²) in [7, 11) is 0. The van der Waals surface area contributed by atoms with E-state index in [4.69, 9.17) is 4.74 Å². The first-order valence-electron chi connectivity index (χ1n) is 10.5. The number of rotatable bonds is 5. The normalized spacial score (nSPS) is 19.3. The summed E-state index contributed by atoms with van der Waals surface area (Å²) in [5, 5.41) is 1.02. The largest absolute Gasteiger partial charge is 0.480 e. The SMILES string of the molecule is C[C@@H]1CN(C(=O)COc2c(I)cc(I)c3cccnc23)[C@@H](C)CN1Cc1ccc(F)cc1. The lowest BCUT2D eigenvalue weighted by atomic mass is 10.1. The number of amides is 1. The summed E-state index contributed by atoms with van der Waals surface area (Å²) in [5.41, 5.74) is 1.85. The van der Waals surface area contributed by atoms with Crippen molar-refractivity contribution in [3.8, 4) is 5.75 Å². The Morgan fingerprint density at radius 2 is 1.88 bits per heavy atom. The van der Waals surface area contributed by atoms with Crippen LogP contribution in [0.2, 0.25) is 0 Å². The quantitative estimate of drug-likeness (QED) is 0.359. The zero-order chi connectivity index (χ0) is 22.8. The molecule has 1 aliphatic rings. The Kier molecular flexibility index (Phi) is 7.51. The fourth-order valence-corrected chi connectivity index (χ4v) is 6.16. The van der Waals surface area contributed by atoms with Gasteiger partial charge in [0.1, 0.15) is 11.3 Å². The van der Waals surface area contributed by atoms with Gasteiger partial charge >= 0.3 is 0 Å². The Hall–Kier alpha value is -1.53. The van der Waals surface area contributed by atoms with Crippen LogP contribution in [-0.4, -0.2) is 52.5 Å². The average Bonchev–Trinajstić information content (AvgIpc) is 2.77. The lowest BCUT2D eigenvalue weighted by Crippen LogP contribution is -2.58. The van der Waals surface area contributed by atoms with Gasteiger partial charge in [-0.1, -0.05) is 18.2 Å². The van der Waals surface area contributed by atoms with Crippen molar-refractivity contribution < 1.29 is 13.9 Å². The molecule has 5 nitrogen and oxygen atoms in total. The Balaban J connectivity index is 1.41. The standard InChI is InChI=1S/C24H24FI2N3O2/c1-15-12-30(16(2)11-29(15)13-17-5-7-18(25)8-6-17)22(31)14-32-24-21(27)10-20(26)19-4-3-9-28-23(19)24/h3-10,15-16H,11-14H2,1-2H3/t15-,16+/m1/s1. The summed E-state index contributed by atoms with van der Waals surface area (Å²) >= 11 is 4.53. The number of aromatic nitrogens is 1. The maximum atomic E-state index is 13.2. The average molecular weight is 659 g/mol.